The van der Waals surface area contributed by atoms with Crippen LogP contribution in [0.1, 0.15) is 39.6 Å². The quantitative estimate of drug-likeness (QED) is 0.0571. The summed E-state index contributed by atoms with van der Waals surface area (Å²) in [7, 11) is -0.0274. The molecule has 0 radical (unpaired) electrons. The highest BCUT2D eigenvalue weighted by Gasteiger charge is 2.51. The molecular formula is C38H35F2N13O7P2S2. The first kappa shape index (κ1) is 45.0. The van der Waals surface area contributed by atoms with E-state index in [4.69, 9.17) is 46.7 Å². The summed E-state index contributed by atoms with van der Waals surface area (Å²) >= 11 is 10.9. The van der Waals surface area contributed by atoms with E-state index >= 15 is 8.78 Å². The second-order valence-electron chi connectivity index (χ2n) is 14.0. The molecule has 20 nitrogen and oxygen atoms in total. The van der Waals surface area contributed by atoms with Crippen molar-refractivity contribution < 1.29 is 41.4 Å². The Kier molecular flexibility index (Phi) is 14.1. The molecule has 9 atom stereocenters. The van der Waals surface area contributed by atoms with Crippen molar-refractivity contribution in [1.82, 2.24) is 44.1 Å². The number of ether oxygens (including phenoxy) is 2. The lowest BCUT2D eigenvalue weighted by atomic mass is 10.1. The number of nitriles is 1. The van der Waals surface area contributed by atoms with Crippen LogP contribution in [0.4, 0.5) is 20.4 Å². The highest BCUT2D eigenvalue weighted by Crippen LogP contribution is 2.51. The number of nitrogens with zero attached hydrogens (tertiary/aromatic N) is 10. The van der Waals surface area contributed by atoms with E-state index in [1.54, 1.807) is 60.7 Å². The number of nitrogens with one attached hydrogen (secondary N) is 3. The Morgan fingerprint density at radius 3 is 1.89 bits per heavy atom. The number of alkyl halides is 2. The summed E-state index contributed by atoms with van der Waals surface area (Å²) in [6, 6.07) is 18.9. The van der Waals surface area contributed by atoms with Crippen LogP contribution in [0.15, 0.2) is 91.0 Å². The Morgan fingerprint density at radius 1 is 0.844 bits per heavy atom. The summed E-state index contributed by atoms with van der Waals surface area (Å²) in [6.07, 6.45) is -6.46. The number of carbonyl (C=O) groups excluding carboxylic acids is 2. The van der Waals surface area contributed by atoms with Crippen LogP contribution in [0.25, 0.3) is 22.3 Å². The lowest BCUT2D eigenvalue weighted by molar-refractivity contribution is -0.0194. The number of imidazole rings is 2. The summed E-state index contributed by atoms with van der Waals surface area (Å²) < 4.78 is 66.2. The van der Waals surface area contributed by atoms with E-state index in [0.717, 1.165) is 0 Å². The highest BCUT2D eigenvalue weighted by atomic mass is 32.5. The predicted octanol–water partition coefficient (Wildman–Crippen LogP) is 5.18. The van der Waals surface area contributed by atoms with Gasteiger partial charge in [-0.25, -0.2) is 43.8 Å². The molecule has 64 heavy (non-hydrogen) atoms. The zero-order chi connectivity index (χ0) is 44.8. The third-order valence-electron chi connectivity index (χ3n) is 10.0. The zero-order valence-corrected chi connectivity index (χ0v) is 36.5. The van der Waals surface area contributed by atoms with Crippen LogP contribution in [0.3, 0.4) is 0 Å². The average molecular weight is 950 g/mol. The van der Waals surface area contributed by atoms with Crippen molar-refractivity contribution in [2.45, 2.75) is 55.6 Å². The minimum absolute atomic E-state index is 0.0274. The van der Waals surface area contributed by atoms with Gasteiger partial charge in [0.15, 0.2) is 58.8 Å². The SMILES string of the molecule is C=NC[C@H]1O[C@@H](n2cnc3c(NC(=O)c4ccccc4)ncnc32)[C@H](F)[C@@H]1OP(=S)(NC[C@H]1O[C@@H](n2cnc3c(NC(=O)c4ccccc4)ncnc32)[C@H](F)[C@@H]1OP=S)OCCC#N. The van der Waals surface area contributed by atoms with E-state index in [9.17, 15) is 14.9 Å². The third kappa shape index (κ3) is 9.45. The van der Waals surface area contributed by atoms with Gasteiger partial charge in [-0.15, -0.1) is 0 Å². The molecular weight excluding hydrogens is 915 g/mol. The molecule has 2 saturated heterocycles. The Bertz CT molecular complexity index is 2760. The molecule has 6 aromatic rings. The number of carbonyl (C=O) groups is 2. The van der Waals surface area contributed by atoms with Crippen molar-refractivity contribution in [3.8, 4) is 6.07 Å². The molecule has 2 amide bonds. The van der Waals surface area contributed by atoms with E-state index < -0.39 is 67.7 Å². The molecule has 2 aromatic carbocycles. The number of fused-ring (bicyclic) bond motifs is 2. The molecule has 0 aliphatic carbocycles. The molecule has 6 heterocycles. The minimum atomic E-state index is -3.80. The molecule has 1 unspecified atom stereocenters. The maximum Gasteiger partial charge on any atom is 0.261 e. The first-order valence-corrected chi connectivity index (χ1v) is 23.7. The molecule has 8 rings (SSSR count). The number of amides is 2. The van der Waals surface area contributed by atoms with E-state index in [-0.39, 0.29) is 67.7 Å². The first-order valence-electron chi connectivity index (χ1n) is 19.3. The number of rotatable bonds is 18. The van der Waals surface area contributed by atoms with Crippen LogP contribution in [0, 0.1) is 11.3 Å². The standard InChI is InChI=1S/C38H35F2N13O7P2S2/c1-42-15-23-30(26(40)38(57-23)53-20-48-28-32(44-18-46-34(28)53)51-36(55)22-11-6-3-7-12-22)60-62(64,56-14-8-13-41)49-16-24-29(59-61-63)25(39)37(58-24)52-19-47-27-31(43-17-45-33(27)52)50-35(54)21-9-4-2-5-10-21/h2-7,9-12,17-20,23-26,29-30,37-38H,1,8,14-16H2,(H,49,64)(H,43,45,50,54)(H,44,46,51,55)/t23-,24-,25-,26-,29-,30-,37-,38-,62?/m1/s1. The van der Waals surface area contributed by atoms with Crippen molar-refractivity contribution >= 4 is 90.3 Å². The number of benzene rings is 2. The molecule has 0 spiro atoms. The summed E-state index contributed by atoms with van der Waals surface area (Å²) in [5, 5.41) is 17.7. The number of aromatic nitrogens is 8. The summed E-state index contributed by atoms with van der Waals surface area (Å²) in [6.45, 7) is -0.832. The van der Waals surface area contributed by atoms with Gasteiger partial charge in [-0.3, -0.25) is 23.7 Å². The van der Waals surface area contributed by atoms with Crippen LogP contribution in [-0.2, 0) is 46.7 Å². The van der Waals surface area contributed by atoms with Gasteiger partial charge in [0.25, 0.3) is 18.5 Å². The van der Waals surface area contributed by atoms with Crippen LogP contribution >= 0.6 is 14.2 Å². The molecule has 26 heteroatoms. The van der Waals surface area contributed by atoms with Gasteiger partial charge < -0.3 is 33.7 Å². The van der Waals surface area contributed by atoms with Crippen molar-refractivity contribution in [2.24, 2.45) is 4.99 Å². The van der Waals surface area contributed by atoms with Crippen LogP contribution in [0.2, 0.25) is 0 Å². The third-order valence-corrected chi connectivity index (χ3v) is 13.2. The zero-order valence-electron chi connectivity index (χ0n) is 33.0. The Morgan fingerprint density at radius 2 is 1.38 bits per heavy atom. The second kappa shape index (κ2) is 20.1. The van der Waals surface area contributed by atoms with E-state index in [1.165, 1.54) is 34.4 Å². The number of aliphatic imine (C=N–C) groups is 1. The number of halogens is 2. The smallest absolute Gasteiger partial charge is 0.261 e. The number of anilines is 2. The first-order chi connectivity index (χ1) is 31.1. The average Bonchev–Trinajstić information content (AvgIpc) is 4.08. The Hall–Kier alpha value is -5.57. The largest absolute Gasteiger partial charge is 0.347 e. The van der Waals surface area contributed by atoms with Crippen molar-refractivity contribution in [1.29, 1.82) is 5.26 Å². The van der Waals surface area contributed by atoms with E-state index in [0.29, 0.717) is 11.1 Å². The van der Waals surface area contributed by atoms with Gasteiger partial charge in [-0.1, -0.05) is 36.4 Å². The molecule has 0 saturated carbocycles. The molecule has 4 aromatic heterocycles. The highest BCUT2D eigenvalue weighted by molar-refractivity contribution is 8.09. The van der Waals surface area contributed by atoms with Gasteiger partial charge in [-0.05, 0) is 54.6 Å². The van der Waals surface area contributed by atoms with Crippen LogP contribution in [0.5, 0.6) is 0 Å². The van der Waals surface area contributed by atoms with Crippen molar-refractivity contribution in [2.75, 3.05) is 30.3 Å². The molecule has 3 N–H and O–H groups in total. The maximum atomic E-state index is 16.9. The summed E-state index contributed by atoms with van der Waals surface area (Å²) in [5.74, 6) is -0.701. The number of hydrogen-bond donors (Lipinski definition) is 3. The molecule has 2 fully saturated rings. The van der Waals surface area contributed by atoms with Gasteiger partial charge in [0.2, 0.25) is 0 Å². The molecule has 0 bridgehead atoms. The summed E-state index contributed by atoms with van der Waals surface area (Å²) in [5.41, 5.74) is 1.40. The fourth-order valence-corrected chi connectivity index (χ4v) is 9.99. The minimum Gasteiger partial charge on any atom is -0.347 e. The van der Waals surface area contributed by atoms with Crippen molar-refractivity contribution in [3.63, 3.8) is 0 Å². The van der Waals surface area contributed by atoms with Gasteiger partial charge in [-0.2, -0.15) is 5.26 Å². The van der Waals surface area contributed by atoms with E-state index in [2.05, 4.69) is 57.3 Å². The molecule has 330 valence electrons. The normalized spacial score (nSPS) is 24.1. The predicted molar refractivity (Wildman–Crippen MR) is 234 cm³/mol. The van der Waals surface area contributed by atoms with Gasteiger partial charge in [0.05, 0.1) is 38.3 Å². The summed E-state index contributed by atoms with van der Waals surface area (Å²) in [4.78, 5) is 55.4. The topological polar surface area (TPSA) is 240 Å². The fourth-order valence-electron chi connectivity index (χ4n) is 7.06. The van der Waals surface area contributed by atoms with Crippen LogP contribution < -0.4 is 15.7 Å². The number of hydrogen-bond acceptors (Lipinski definition) is 17. The fraction of sp³-hybridized carbons (Fsp3) is 0.316. The Balaban J connectivity index is 1.01. The second-order valence-corrected chi connectivity index (χ2v) is 18.0. The molecule has 2 aliphatic heterocycles. The molecule has 2 aliphatic rings. The van der Waals surface area contributed by atoms with Crippen molar-refractivity contribution in [3.05, 3.63) is 97.1 Å². The van der Waals surface area contributed by atoms with E-state index in [1.807, 2.05) is 6.07 Å². The maximum absolute atomic E-state index is 16.9. The van der Waals surface area contributed by atoms with Crippen LogP contribution in [-0.4, -0.2) is 114 Å². The van der Waals surface area contributed by atoms with Gasteiger partial charge in [0.1, 0.15) is 44.7 Å². The lowest BCUT2D eigenvalue weighted by Gasteiger charge is -2.30. The van der Waals surface area contributed by atoms with Gasteiger partial charge >= 0.3 is 0 Å². The Labute approximate surface area is 373 Å². The lowest BCUT2D eigenvalue weighted by Crippen LogP contribution is -2.39. The monoisotopic (exact) mass is 949 g/mol. The van der Waals surface area contributed by atoms with Gasteiger partial charge in [0, 0.05) is 17.7 Å².